The summed E-state index contributed by atoms with van der Waals surface area (Å²) in [6.45, 7) is 9.01. The van der Waals surface area contributed by atoms with Gasteiger partial charge in [-0.15, -0.1) is 0 Å². The molecule has 1 saturated carbocycles. The summed E-state index contributed by atoms with van der Waals surface area (Å²) in [5.74, 6) is 0.0493. The van der Waals surface area contributed by atoms with Gasteiger partial charge in [0.25, 0.3) is 0 Å². The number of nitrogens with one attached hydrogen (secondary N) is 1. The number of benzene rings is 2. The Morgan fingerprint density at radius 1 is 1.20 bits per heavy atom. The maximum Gasteiger partial charge on any atom is 0.311 e. The highest BCUT2D eigenvalue weighted by Crippen LogP contribution is 2.61. The predicted octanol–water partition coefficient (Wildman–Crippen LogP) is 4.17. The smallest absolute Gasteiger partial charge is 0.311 e. The van der Waals surface area contributed by atoms with E-state index in [1.807, 2.05) is 26.0 Å². The molecule has 1 fully saturated rings. The van der Waals surface area contributed by atoms with Gasteiger partial charge in [-0.3, -0.25) is 4.79 Å². The Morgan fingerprint density at radius 3 is 2.54 bits per heavy atom. The first-order valence-electron chi connectivity index (χ1n) is 12.8. The minimum absolute atomic E-state index is 0.0821. The van der Waals surface area contributed by atoms with Gasteiger partial charge in [0.15, 0.2) is 0 Å². The maximum atomic E-state index is 11.5. The third-order valence-electron chi connectivity index (χ3n) is 7.98. The molecule has 0 unspecified atom stereocenters. The fraction of sp³-hybridized carbons (Fsp3) is 0.552. The fourth-order valence-electron chi connectivity index (χ4n) is 6.17. The second-order valence-electron chi connectivity index (χ2n) is 11.3. The van der Waals surface area contributed by atoms with Gasteiger partial charge in [-0.1, -0.05) is 36.4 Å². The Morgan fingerprint density at radius 2 is 1.89 bits per heavy atom. The number of carbonyl (C=O) groups is 1. The first-order chi connectivity index (χ1) is 16.6. The number of fused-ring (bicyclic) bond motifs is 4. The van der Waals surface area contributed by atoms with Gasteiger partial charge in [0.1, 0.15) is 17.8 Å². The molecule has 0 spiro atoms. The summed E-state index contributed by atoms with van der Waals surface area (Å²) in [7, 11) is 0. The van der Waals surface area contributed by atoms with Crippen LogP contribution in [0.4, 0.5) is 0 Å². The summed E-state index contributed by atoms with van der Waals surface area (Å²) in [6.07, 6.45) is 2.14. The normalized spacial score (nSPS) is 24.3. The van der Waals surface area contributed by atoms with Gasteiger partial charge in [0, 0.05) is 23.6 Å². The van der Waals surface area contributed by atoms with E-state index in [9.17, 15) is 15.0 Å². The van der Waals surface area contributed by atoms with Crippen LogP contribution < -0.4 is 10.1 Å². The minimum atomic E-state index is -0.808. The number of aliphatic hydroxyl groups is 1. The van der Waals surface area contributed by atoms with Crippen molar-refractivity contribution < 1.29 is 24.5 Å². The molecule has 188 valence electrons. The van der Waals surface area contributed by atoms with Crippen LogP contribution in [0.3, 0.4) is 0 Å². The molecule has 3 aliphatic rings. The molecule has 6 nitrogen and oxygen atoms in total. The molecule has 5 rings (SSSR count). The van der Waals surface area contributed by atoms with Gasteiger partial charge in [-0.05, 0) is 75.1 Å². The molecule has 2 aromatic carbocycles. The number of rotatable bonds is 10. The number of ether oxygens (including phenoxy) is 2. The van der Waals surface area contributed by atoms with E-state index in [1.54, 1.807) is 0 Å². The van der Waals surface area contributed by atoms with Gasteiger partial charge in [0.2, 0.25) is 0 Å². The molecular weight excluding hydrogens is 442 g/mol. The Hall–Kier alpha value is -2.41. The zero-order valence-corrected chi connectivity index (χ0v) is 21.1. The number of hydrogen-bond donors (Lipinski definition) is 3. The fourth-order valence-corrected chi connectivity index (χ4v) is 6.17. The van der Waals surface area contributed by atoms with Gasteiger partial charge in [-0.2, -0.15) is 0 Å². The van der Waals surface area contributed by atoms with E-state index in [4.69, 9.17) is 9.47 Å². The molecule has 5 atom stereocenters. The third kappa shape index (κ3) is 4.84. The lowest BCUT2D eigenvalue weighted by Gasteiger charge is -2.31. The van der Waals surface area contributed by atoms with E-state index >= 15 is 0 Å². The van der Waals surface area contributed by atoms with Crippen molar-refractivity contribution in [1.29, 1.82) is 0 Å². The van der Waals surface area contributed by atoms with E-state index in [0.717, 1.165) is 41.7 Å². The topological polar surface area (TPSA) is 88.0 Å². The summed E-state index contributed by atoms with van der Waals surface area (Å²) in [4.78, 5) is 11.5. The minimum Gasteiger partial charge on any atom is -0.488 e. The molecule has 0 saturated heterocycles. The van der Waals surface area contributed by atoms with Crippen LogP contribution >= 0.6 is 0 Å². The zero-order chi connectivity index (χ0) is 24.9. The van der Waals surface area contributed by atoms with E-state index in [-0.39, 0.29) is 30.3 Å². The Bertz CT molecular complexity index is 1090. The van der Waals surface area contributed by atoms with Crippen LogP contribution in [0.2, 0.25) is 0 Å². The highest BCUT2D eigenvalue weighted by atomic mass is 16.5. The monoisotopic (exact) mass is 479 g/mol. The average molecular weight is 480 g/mol. The Balaban J connectivity index is 1.12. The molecule has 2 aliphatic carbocycles. The Kier molecular flexibility index (Phi) is 6.41. The highest BCUT2D eigenvalue weighted by Gasteiger charge is 2.64. The molecule has 0 aromatic heterocycles. The molecule has 1 heterocycles. The largest absolute Gasteiger partial charge is 0.488 e. The van der Waals surface area contributed by atoms with Crippen LogP contribution in [-0.2, 0) is 22.4 Å². The number of aliphatic carboxylic acids is 1. The van der Waals surface area contributed by atoms with E-state index in [0.29, 0.717) is 12.5 Å². The molecule has 35 heavy (non-hydrogen) atoms. The molecule has 0 amide bonds. The van der Waals surface area contributed by atoms with Crippen LogP contribution in [0, 0.1) is 18.8 Å². The summed E-state index contributed by atoms with van der Waals surface area (Å²) in [6, 6.07) is 12.7. The second-order valence-corrected chi connectivity index (χ2v) is 11.3. The highest BCUT2D eigenvalue weighted by molar-refractivity contribution is 5.79. The maximum absolute atomic E-state index is 11.5. The molecule has 0 radical (unpaired) electrons. The van der Waals surface area contributed by atoms with Crippen LogP contribution in [0.1, 0.15) is 67.0 Å². The van der Waals surface area contributed by atoms with Crippen LogP contribution in [0.5, 0.6) is 5.75 Å². The van der Waals surface area contributed by atoms with Crippen LogP contribution in [0.15, 0.2) is 36.4 Å². The number of carboxylic acid groups (broad SMARTS) is 1. The summed E-state index contributed by atoms with van der Waals surface area (Å²) < 4.78 is 12.0. The molecular formula is C29H37NO5. The molecule has 6 heteroatoms. The standard InChI is InChI=1S/C29H37NO5/c1-16-9-10-22(23-24-25(28(32)33)27(24)35-26(16)23)17(2)34-15-21(31)14-30-29(3,4)13-18-11-19-7-5-6-8-20(19)12-18/h5-10,17-18,21,24-25,27,30-31H,11-15H2,1-4H3,(H,32,33)/t17-,21-,24+,25+,27+/m1/s1. The molecule has 1 aliphatic heterocycles. The number of hydrogen-bond acceptors (Lipinski definition) is 5. The van der Waals surface area contributed by atoms with Crippen molar-refractivity contribution in [3.63, 3.8) is 0 Å². The molecule has 2 aromatic rings. The number of aliphatic hydroxyl groups excluding tert-OH is 1. The van der Waals surface area contributed by atoms with Crippen LogP contribution in [0.25, 0.3) is 0 Å². The first kappa shape index (κ1) is 24.3. The average Bonchev–Trinajstić information content (AvgIpc) is 3.16. The number of aryl methyl sites for hydroxylation is 1. The van der Waals surface area contributed by atoms with Crippen molar-refractivity contribution in [2.45, 2.75) is 76.7 Å². The molecule has 0 bridgehead atoms. The Labute approximate surface area is 207 Å². The van der Waals surface area contributed by atoms with Crippen molar-refractivity contribution in [3.05, 3.63) is 64.2 Å². The summed E-state index contributed by atoms with van der Waals surface area (Å²) in [5.41, 5.74) is 5.81. The van der Waals surface area contributed by atoms with Crippen LogP contribution in [-0.4, -0.2) is 47.1 Å². The van der Waals surface area contributed by atoms with E-state index < -0.39 is 18.0 Å². The molecule has 3 N–H and O–H groups in total. The van der Waals surface area contributed by atoms with Gasteiger partial charge in [-0.25, -0.2) is 0 Å². The summed E-state index contributed by atoms with van der Waals surface area (Å²) >= 11 is 0. The zero-order valence-electron chi connectivity index (χ0n) is 21.1. The van der Waals surface area contributed by atoms with Gasteiger partial charge < -0.3 is 25.0 Å². The van der Waals surface area contributed by atoms with Crippen molar-refractivity contribution in [3.8, 4) is 5.75 Å². The van der Waals surface area contributed by atoms with E-state index in [1.165, 1.54) is 11.1 Å². The quantitative estimate of drug-likeness (QED) is 0.474. The van der Waals surface area contributed by atoms with Crippen molar-refractivity contribution in [2.24, 2.45) is 11.8 Å². The number of carboxylic acids is 1. The SMILES string of the molecule is Cc1ccc([C@@H](C)OC[C@H](O)CNC(C)(C)CC2Cc3ccccc3C2)c2c1O[C@@H]1[C@@H](C(=O)O)[C@H]21. The van der Waals surface area contributed by atoms with Crippen molar-refractivity contribution >= 4 is 5.97 Å². The second kappa shape index (κ2) is 9.23. The predicted molar refractivity (Wildman–Crippen MR) is 134 cm³/mol. The van der Waals surface area contributed by atoms with E-state index in [2.05, 4.69) is 43.4 Å². The van der Waals surface area contributed by atoms with Gasteiger partial charge in [0.05, 0.1) is 18.8 Å². The summed E-state index contributed by atoms with van der Waals surface area (Å²) in [5, 5.41) is 23.6. The third-order valence-corrected chi connectivity index (χ3v) is 7.98. The lowest BCUT2D eigenvalue weighted by molar-refractivity contribution is -0.139. The van der Waals surface area contributed by atoms with Crippen molar-refractivity contribution in [1.82, 2.24) is 5.32 Å². The first-order valence-corrected chi connectivity index (χ1v) is 12.8. The number of β-amino-alcohol motifs (C(OH)–C–C–N with tert-alkyl or cyclic N) is 1. The lowest BCUT2D eigenvalue weighted by Crippen LogP contribution is -2.45. The lowest BCUT2D eigenvalue weighted by atomic mass is 9.88. The van der Waals surface area contributed by atoms with Gasteiger partial charge >= 0.3 is 5.97 Å². The van der Waals surface area contributed by atoms with Crippen molar-refractivity contribution in [2.75, 3.05) is 13.2 Å².